The minimum atomic E-state index is -3.08. The van der Waals surface area contributed by atoms with Gasteiger partial charge in [0.1, 0.15) is 0 Å². The largest absolute Gasteiger partial charge is 0.216 e. The average Bonchev–Trinajstić information content (AvgIpc) is 2.01. The highest BCUT2D eigenvalue weighted by Crippen LogP contribution is 2.32. The lowest BCUT2D eigenvalue weighted by atomic mass is 9.85. The van der Waals surface area contributed by atoms with Crippen molar-refractivity contribution in [2.75, 3.05) is 13.6 Å². The van der Waals surface area contributed by atoms with E-state index in [1.807, 2.05) is 0 Å². The zero-order valence-electron chi connectivity index (χ0n) is 8.90. The number of sulfonamides is 1. The molecule has 0 heterocycles. The van der Waals surface area contributed by atoms with Crippen molar-refractivity contribution in [2.45, 2.75) is 37.3 Å². The van der Waals surface area contributed by atoms with Gasteiger partial charge in [-0.2, -0.15) is 0 Å². The van der Waals surface area contributed by atoms with Gasteiger partial charge >= 0.3 is 0 Å². The molecular formula is C9H18ClNO2S. The van der Waals surface area contributed by atoms with Gasteiger partial charge in [0.25, 0.3) is 0 Å². The Kier molecular flexibility index (Phi) is 3.83. The highest BCUT2D eigenvalue weighted by Gasteiger charge is 2.31. The molecule has 3 nitrogen and oxygen atoms in total. The van der Waals surface area contributed by atoms with Crippen LogP contribution in [-0.4, -0.2) is 36.9 Å². The summed E-state index contributed by atoms with van der Waals surface area (Å²) < 4.78 is 24.8. The van der Waals surface area contributed by atoms with Crippen LogP contribution in [0, 0.1) is 5.92 Å². The first-order valence-corrected chi connectivity index (χ1v) is 6.87. The van der Waals surface area contributed by atoms with Gasteiger partial charge in [-0.3, -0.25) is 0 Å². The monoisotopic (exact) mass is 239 g/mol. The molecule has 14 heavy (non-hydrogen) atoms. The summed E-state index contributed by atoms with van der Waals surface area (Å²) in [7, 11) is -1.43. The maximum atomic E-state index is 11.7. The van der Waals surface area contributed by atoms with Crippen molar-refractivity contribution in [1.82, 2.24) is 4.31 Å². The van der Waals surface area contributed by atoms with Crippen LogP contribution in [0.3, 0.4) is 0 Å². The predicted octanol–water partition coefficient (Wildman–Crippen LogP) is 1.67. The van der Waals surface area contributed by atoms with Gasteiger partial charge in [-0.25, -0.2) is 12.7 Å². The first-order valence-electron chi connectivity index (χ1n) is 4.93. The predicted molar refractivity (Wildman–Crippen MR) is 59.1 cm³/mol. The lowest BCUT2D eigenvalue weighted by Crippen LogP contribution is -2.40. The minimum absolute atomic E-state index is 0.259. The Labute approximate surface area is 91.5 Å². The second kappa shape index (κ2) is 4.37. The summed E-state index contributed by atoms with van der Waals surface area (Å²) in [5, 5.41) is -0.0745. The summed E-state index contributed by atoms with van der Waals surface area (Å²) in [6, 6.07) is 0. The SMILES string of the molecule is CC(C)S(=O)(=O)N(C)CC1CC(Cl)C1. The number of hydrogen-bond acceptors (Lipinski definition) is 2. The van der Waals surface area contributed by atoms with Gasteiger partial charge in [-0.1, -0.05) is 0 Å². The maximum absolute atomic E-state index is 11.7. The van der Waals surface area contributed by atoms with Gasteiger partial charge in [0.05, 0.1) is 5.25 Å². The Morgan fingerprint density at radius 1 is 1.43 bits per heavy atom. The standard InChI is InChI=1S/C9H18ClNO2S/c1-7(2)14(12,13)11(3)6-8-4-9(10)5-8/h7-9H,4-6H2,1-3H3. The van der Waals surface area contributed by atoms with Gasteiger partial charge in [-0.15, -0.1) is 11.6 Å². The van der Waals surface area contributed by atoms with Crippen molar-refractivity contribution < 1.29 is 8.42 Å². The molecular weight excluding hydrogens is 222 g/mol. The fourth-order valence-electron chi connectivity index (χ4n) is 1.63. The lowest BCUT2D eigenvalue weighted by Gasteiger charge is -2.34. The third-order valence-electron chi connectivity index (χ3n) is 2.72. The molecule has 1 saturated carbocycles. The Morgan fingerprint density at radius 2 is 1.93 bits per heavy atom. The summed E-state index contributed by atoms with van der Waals surface area (Å²) in [5.74, 6) is 0.455. The van der Waals surface area contributed by atoms with Crippen LogP contribution >= 0.6 is 11.6 Å². The van der Waals surface area contributed by atoms with E-state index in [4.69, 9.17) is 11.6 Å². The van der Waals surface area contributed by atoms with Crippen molar-refractivity contribution in [1.29, 1.82) is 0 Å². The zero-order valence-corrected chi connectivity index (χ0v) is 10.5. The van der Waals surface area contributed by atoms with E-state index >= 15 is 0 Å². The molecule has 0 aliphatic heterocycles. The van der Waals surface area contributed by atoms with Crippen molar-refractivity contribution in [3.63, 3.8) is 0 Å². The molecule has 0 atom stereocenters. The Balaban J connectivity index is 2.46. The number of halogens is 1. The van der Waals surface area contributed by atoms with Crippen LogP contribution in [0.5, 0.6) is 0 Å². The fourth-order valence-corrected chi connectivity index (χ4v) is 3.27. The summed E-state index contributed by atoms with van der Waals surface area (Å²) >= 11 is 5.84. The van der Waals surface area contributed by atoms with Gasteiger partial charge in [0, 0.05) is 19.0 Å². The number of rotatable bonds is 4. The first-order chi connectivity index (χ1) is 6.34. The minimum Gasteiger partial charge on any atom is -0.212 e. The van der Waals surface area contributed by atoms with Gasteiger partial charge in [-0.05, 0) is 32.6 Å². The van der Waals surface area contributed by atoms with Gasteiger partial charge < -0.3 is 0 Å². The van der Waals surface area contributed by atoms with Crippen LogP contribution in [0.15, 0.2) is 0 Å². The summed E-state index contributed by atoms with van der Waals surface area (Å²) in [5.41, 5.74) is 0. The molecule has 0 spiro atoms. The molecule has 0 aromatic rings. The highest BCUT2D eigenvalue weighted by atomic mass is 35.5. The van der Waals surface area contributed by atoms with E-state index in [-0.39, 0.29) is 10.6 Å². The molecule has 0 aromatic carbocycles. The second-order valence-corrected chi connectivity index (χ2v) is 7.52. The van der Waals surface area contributed by atoms with E-state index in [9.17, 15) is 8.42 Å². The van der Waals surface area contributed by atoms with Crippen molar-refractivity contribution in [2.24, 2.45) is 5.92 Å². The molecule has 0 unspecified atom stereocenters. The third-order valence-corrected chi connectivity index (χ3v) is 5.29. The van der Waals surface area contributed by atoms with Crippen LogP contribution < -0.4 is 0 Å². The summed E-state index contributed by atoms with van der Waals surface area (Å²) in [6.07, 6.45) is 1.89. The Morgan fingerprint density at radius 3 is 2.29 bits per heavy atom. The molecule has 0 saturated heterocycles. The van der Waals surface area contributed by atoms with Crippen LogP contribution in [-0.2, 0) is 10.0 Å². The van der Waals surface area contributed by atoms with E-state index in [1.165, 1.54) is 4.31 Å². The molecule has 0 N–H and O–H groups in total. The van der Waals surface area contributed by atoms with Crippen molar-refractivity contribution in [3.8, 4) is 0 Å². The number of alkyl halides is 1. The molecule has 5 heteroatoms. The zero-order chi connectivity index (χ0) is 10.9. The normalized spacial score (nSPS) is 28.1. The molecule has 1 aliphatic rings. The van der Waals surface area contributed by atoms with Gasteiger partial charge in [0.2, 0.25) is 10.0 Å². The Bertz CT molecular complexity index is 283. The molecule has 0 aromatic heterocycles. The van der Waals surface area contributed by atoms with E-state index in [2.05, 4.69) is 0 Å². The van der Waals surface area contributed by atoms with Crippen LogP contribution in [0.1, 0.15) is 26.7 Å². The second-order valence-electron chi connectivity index (χ2n) is 4.31. The number of nitrogens with zero attached hydrogens (tertiary/aromatic N) is 1. The van der Waals surface area contributed by atoms with Gasteiger partial charge in [0.15, 0.2) is 0 Å². The number of hydrogen-bond donors (Lipinski definition) is 0. The van der Waals surface area contributed by atoms with E-state index in [0.717, 1.165) is 12.8 Å². The maximum Gasteiger partial charge on any atom is 0.216 e. The van der Waals surface area contributed by atoms with E-state index in [0.29, 0.717) is 12.5 Å². The molecule has 0 radical (unpaired) electrons. The summed E-state index contributed by atoms with van der Waals surface area (Å²) in [4.78, 5) is 0. The quantitative estimate of drug-likeness (QED) is 0.700. The molecule has 1 fully saturated rings. The third kappa shape index (κ3) is 2.61. The van der Waals surface area contributed by atoms with Crippen LogP contribution in [0.25, 0.3) is 0 Å². The summed E-state index contributed by atoms with van der Waals surface area (Å²) in [6.45, 7) is 4.03. The smallest absolute Gasteiger partial charge is 0.212 e. The van der Waals surface area contributed by atoms with Crippen LogP contribution in [0.4, 0.5) is 0 Å². The molecule has 0 amide bonds. The average molecular weight is 240 g/mol. The van der Waals surface area contributed by atoms with E-state index in [1.54, 1.807) is 20.9 Å². The molecule has 1 aliphatic carbocycles. The topological polar surface area (TPSA) is 37.4 Å². The first kappa shape index (κ1) is 12.3. The van der Waals surface area contributed by atoms with Crippen LogP contribution in [0.2, 0.25) is 0 Å². The molecule has 0 bridgehead atoms. The Hall–Kier alpha value is 0.200. The van der Waals surface area contributed by atoms with E-state index < -0.39 is 10.0 Å². The fraction of sp³-hybridized carbons (Fsp3) is 1.00. The van der Waals surface area contributed by atoms with Crippen molar-refractivity contribution >= 4 is 21.6 Å². The van der Waals surface area contributed by atoms with Crippen molar-refractivity contribution in [3.05, 3.63) is 0 Å². The highest BCUT2D eigenvalue weighted by molar-refractivity contribution is 7.89. The molecule has 1 rings (SSSR count). The lowest BCUT2D eigenvalue weighted by molar-refractivity contribution is 0.267. The molecule has 84 valence electrons.